The van der Waals surface area contributed by atoms with E-state index in [0.717, 1.165) is 49.2 Å². The molecule has 0 saturated heterocycles. The quantitative estimate of drug-likeness (QED) is 0.502. The summed E-state index contributed by atoms with van der Waals surface area (Å²) < 4.78 is 5.94. The van der Waals surface area contributed by atoms with Crippen molar-refractivity contribution >= 4 is 28.9 Å². The Balaban J connectivity index is 1.52. The van der Waals surface area contributed by atoms with Crippen molar-refractivity contribution in [2.75, 3.05) is 18.1 Å². The van der Waals surface area contributed by atoms with Crippen LogP contribution in [0.25, 0.3) is 0 Å². The van der Waals surface area contributed by atoms with Crippen LogP contribution in [-0.4, -0.2) is 24.2 Å². The molecule has 1 amide bonds. The molecular formula is C25H32N2O2S. The summed E-state index contributed by atoms with van der Waals surface area (Å²) in [6.07, 6.45) is 3.61. The minimum atomic E-state index is -0.523. The second-order valence-corrected chi connectivity index (χ2v) is 9.13. The summed E-state index contributed by atoms with van der Waals surface area (Å²) in [5, 5.41) is 3.48. The predicted octanol–water partition coefficient (Wildman–Crippen LogP) is 5.34. The maximum absolute atomic E-state index is 12.9. The number of para-hydroxylation sites is 1. The number of nitrogens with zero attached hydrogens (tertiary/aromatic N) is 1. The number of anilines is 1. The van der Waals surface area contributed by atoms with E-state index in [1.807, 2.05) is 37.8 Å². The molecule has 0 unspecified atom stereocenters. The molecule has 30 heavy (non-hydrogen) atoms. The monoisotopic (exact) mass is 424 g/mol. The highest BCUT2D eigenvalue weighted by molar-refractivity contribution is 7.80. The van der Waals surface area contributed by atoms with Crippen molar-refractivity contribution < 1.29 is 9.53 Å². The molecule has 0 aromatic heterocycles. The fourth-order valence-electron chi connectivity index (χ4n) is 3.75. The van der Waals surface area contributed by atoms with Gasteiger partial charge in [-0.2, -0.15) is 0 Å². The van der Waals surface area contributed by atoms with E-state index in [-0.39, 0.29) is 5.91 Å². The maximum atomic E-state index is 12.9. The topological polar surface area (TPSA) is 41.6 Å². The molecule has 0 fully saturated rings. The largest absolute Gasteiger partial charge is 0.493 e. The average molecular weight is 425 g/mol. The zero-order valence-electron chi connectivity index (χ0n) is 18.5. The van der Waals surface area contributed by atoms with Crippen LogP contribution in [0.3, 0.4) is 0 Å². The van der Waals surface area contributed by atoms with E-state index in [2.05, 4.69) is 42.6 Å². The van der Waals surface area contributed by atoms with Crippen molar-refractivity contribution in [2.24, 2.45) is 5.41 Å². The number of aryl methyl sites for hydroxylation is 3. The van der Waals surface area contributed by atoms with E-state index in [0.29, 0.717) is 11.7 Å². The Labute approximate surface area is 185 Å². The SMILES string of the molecule is Cc1ccc(C)c(OCCCC(C)(C)C(=O)NC(=S)N2CCCc3ccccc32)c1. The number of benzene rings is 2. The number of carbonyl (C=O) groups is 1. The van der Waals surface area contributed by atoms with E-state index in [1.165, 1.54) is 11.1 Å². The van der Waals surface area contributed by atoms with Crippen LogP contribution < -0.4 is 15.0 Å². The first kappa shape index (κ1) is 22.3. The van der Waals surface area contributed by atoms with Crippen LogP contribution in [0.1, 0.15) is 49.8 Å². The first-order valence-electron chi connectivity index (χ1n) is 10.7. The van der Waals surface area contributed by atoms with Gasteiger partial charge >= 0.3 is 0 Å². The van der Waals surface area contributed by atoms with Gasteiger partial charge in [-0.3, -0.25) is 4.79 Å². The Hall–Kier alpha value is -2.40. The number of thiocarbonyl (C=S) groups is 1. The predicted molar refractivity (Wildman–Crippen MR) is 127 cm³/mol. The molecule has 160 valence electrons. The molecule has 0 aliphatic carbocycles. The fraction of sp³-hybridized carbons (Fsp3) is 0.440. The van der Waals surface area contributed by atoms with Gasteiger partial charge in [-0.15, -0.1) is 0 Å². The number of amides is 1. The third-order valence-electron chi connectivity index (χ3n) is 5.74. The summed E-state index contributed by atoms with van der Waals surface area (Å²) in [6.45, 7) is 9.46. The van der Waals surface area contributed by atoms with Crippen LogP contribution in [-0.2, 0) is 11.2 Å². The highest BCUT2D eigenvalue weighted by Gasteiger charge is 2.30. The summed E-state index contributed by atoms with van der Waals surface area (Å²) >= 11 is 5.59. The summed E-state index contributed by atoms with van der Waals surface area (Å²) in [5.41, 5.74) is 4.18. The highest BCUT2D eigenvalue weighted by atomic mass is 32.1. The first-order valence-corrected chi connectivity index (χ1v) is 11.1. The standard InChI is InChI=1S/C25H32N2O2S/c1-18-12-13-19(2)22(17-18)29-16-8-14-25(3,4)23(28)26-24(30)27-15-7-10-20-9-5-6-11-21(20)27/h5-6,9,11-13,17H,7-8,10,14-16H2,1-4H3,(H,26,28,30). The van der Waals surface area contributed by atoms with Gasteiger partial charge in [0.1, 0.15) is 5.75 Å². The second kappa shape index (κ2) is 9.61. The first-order chi connectivity index (χ1) is 14.3. The van der Waals surface area contributed by atoms with Gasteiger partial charge < -0.3 is 15.0 Å². The third-order valence-corrected chi connectivity index (χ3v) is 6.06. The van der Waals surface area contributed by atoms with Gasteiger partial charge in [0.2, 0.25) is 5.91 Å². The van der Waals surface area contributed by atoms with Crippen molar-refractivity contribution in [1.29, 1.82) is 0 Å². The van der Waals surface area contributed by atoms with Crippen LogP contribution in [0.15, 0.2) is 42.5 Å². The summed E-state index contributed by atoms with van der Waals surface area (Å²) in [5.74, 6) is 0.879. The van der Waals surface area contributed by atoms with Crippen LogP contribution in [0.4, 0.5) is 5.69 Å². The van der Waals surface area contributed by atoms with Gasteiger partial charge in [0.05, 0.1) is 6.61 Å². The van der Waals surface area contributed by atoms with Crippen molar-refractivity contribution in [3.8, 4) is 5.75 Å². The Morgan fingerprint density at radius 3 is 2.77 bits per heavy atom. The summed E-state index contributed by atoms with van der Waals surface area (Å²) in [6, 6.07) is 14.5. The number of rotatable bonds is 6. The van der Waals surface area contributed by atoms with Crippen LogP contribution in [0.2, 0.25) is 0 Å². The number of fused-ring (bicyclic) bond motifs is 1. The lowest BCUT2D eigenvalue weighted by molar-refractivity contribution is -0.128. The number of carbonyl (C=O) groups excluding carboxylic acids is 1. The molecule has 1 heterocycles. The third kappa shape index (κ3) is 5.39. The molecule has 0 atom stereocenters. The van der Waals surface area contributed by atoms with Gasteiger partial charge in [0, 0.05) is 17.6 Å². The minimum Gasteiger partial charge on any atom is -0.493 e. The smallest absolute Gasteiger partial charge is 0.231 e. The zero-order valence-corrected chi connectivity index (χ0v) is 19.3. The van der Waals surface area contributed by atoms with E-state index < -0.39 is 5.41 Å². The number of hydrogen-bond acceptors (Lipinski definition) is 3. The summed E-state index contributed by atoms with van der Waals surface area (Å²) in [7, 11) is 0. The Morgan fingerprint density at radius 2 is 1.97 bits per heavy atom. The lowest BCUT2D eigenvalue weighted by Gasteiger charge is -2.33. The number of hydrogen-bond donors (Lipinski definition) is 1. The molecule has 1 N–H and O–H groups in total. The minimum absolute atomic E-state index is 0.0395. The summed E-state index contributed by atoms with van der Waals surface area (Å²) in [4.78, 5) is 15.0. The average Bonchev–Trinajstić information content (AvgIpc) is 2.73. The Morgan fingerprint density at radius 1 is 1.20 bits per heavy atom. The van der Waals surface area contributed by atoms with Gasteiger partial charge in [0.15, 0.2) is 5.11 Å². The van der Waals surface area contributed by atoms with Crippen molar-refractivity contribution in [3.63, 3.8) is 0 Å². The molecule has 2 aromatic carbocycles. The zero-order chi connectivity index (χ0) is 21.7. The lowest BCUT2D eigenvalue weighted by Crippen LogP contribution is -2.49. The Bertz CT molecular complexity index is 923. The molecular weight excluding hydrogens is 392 g/mol. The van der Waals surface area contributed by atoms with Gasteiger partial charge in [-0.25, -0.2) is 0 Å². The number of ether oxygens (including phenoxy) is 1. The molecule has 5 heteroatoms. The highest BCUT2D eigenvalue weighted by Crippen LogP contribution is 2.28. The molecule has 1 aliphatic heterocycles. The molecule has 4 nitrogen and oxygen atoms in total. The van der Waals surface area contributed by atoms with Crippen molar-refractivity contribution in [1.82, 2.24) is 5.32 Å². The van der Waals surface area contributed by atoms with E-state index in [1.54, 1.807) is 0 Å². The molecule has 1 aliphatic rings. The van der Waals surface area contributed by atoms with Crippen molar-refractivity contribution in [3.05, 3.63) is 59.2 Å². The molecule has 2 aromatic rings. The molecule has 0 bridgehead atoms. The van der Waals surface area contributed by atoms with E-state index in [4.69, 9.17) is 17.0 Å². The van der Waals surface area contributed by atoms with Crippen LogP contribution in [0, 0.1) is 19.3 Å². The van der Waals surface area contributed by atoms with Crippen molar-refractivity contribution in [2.45, 2.75) is 53.4 Å². The van der Waals surface area contributed by atoms with Gasteiger partial charge in [-0.1, -0.05) is 44.2 Å². The number of nitrogens with one attached hydrogen (secondary N) is 1. The molecule has 0 spiro atoms. The van der Waals surface area contributed by atoms with E-state index >= 15 is 0 Å². The van der Waals surface area contributed by atoms with Crippen LogP contribution in [0.5, 0.6) is 5.75 Å². The Kier molecular flexibility index (Phi) is 7.14. The molecule has 0 saturated carbocycles. The van der Waals surface area contributed by atoms with E-state index in [9.17, 15) is 4.79 Å². The molecule has 0 radical (unpaired) electrons. The molecule has 3 rings (SSSR count). The maximum Gasteiger partial charge on any atom is 0.231 e. The van der Waals surface area contributed by atoms with Crippen LogP contribution >= 0.6 is 12.2 Å². The normalized spacial score (nSPS) is 13.5. The van der Waals surface area contributed by atoms with Gasteiger partial charge in [-0.05, 0) is 80.6 Å². The van der Waals surface area contributed by atoms with Gasteiger partial charge in [0.25, 0.3) is 0 Å². The fourth-order valence-corrected chi connectivity index (χ4v) is 4.03. The lowest BCUT2D eigenvalue weighted by atomic mass is 9.87. The second-order valence-electron chi connectivity index (χ2n) is 8.75.